The number of hydrogen-bond donors (Lipinski definition) is 0. The van der Waals surface area contributed by atoms with Crippen LogP contribution in [-0.4, -0.2) is 17.5 Å². The maximum Gasteiger partial charge on any atom is 0.0312 e. The van der Waals surface area contributed by atoms with Gasteiger partial charge in [-0.2, -0.15) is 0 Å². The molecule has 1 saturated heterocycles. The fourth-order valence-electron chi connectivity index (χ4n) is 3.18. The van der Waals surface area contributed by atoms with Crippen LogP contribution in [0.25, 0.3) is 5.57 Å². The summed E-state index contributed by atoms with van der Waals surface area (Å²) in [5.74, 6) is 0.979. The number of nitrogens with zero attached hydrogens (tertiary/aromatic N) is 1. The molecule has 1 atom stereocenters. The van der Waals surface area contributed by atoms with Gasteiger partial charge in [-0.05, 0) is 68.2 Å². The van der Waals surface area contributed by atoms with Crippen molar-refractivity contribution in [3.63, 3.8) is 0 Å². The summed E-state index contributed by atoms with van der Waals surface area (Å²) in [4.78, 5) is 2.62. The van der Waals surface area contributed by atoms with Crippen molar-refractivity contribution < 1.29 is 0 Å². The summed E-state index contributed by atoms with van der Waals surface area (Å²) in [7, 11) is 0. The summed E-state index contributed by atoms with van der Waals surface area (Å²) >= 11 is 3.56. The topological polar surface area (TPSA) is 3.24 Å². The SMILES string of the molecule is CC(=CN1CCCCC1C1CC1)c1cccc(Br)c1. The average Bonchev–Trinajstić information content (AvgIpc) is 3.24. The first-order chi connectivity index (χ1) is 9.24. The Labute approximate surface area is 124 Å². The Morgan fingerprint density at radius 1 is 1.26 bits per heavy atom. The predicted molar refractivity (Wildman–Crippen MR) is 84.9 cm³/mol. The second-order valence-corrected chi connectivity index (χ2v) is 6.88. The molecule has 1 heterocycles. The smallest absolute Gasteiger partial charge is 0.0312 e. The van der Waals surface area contributed by atoms with Crippen molar-refractivity contribution in [1.82, 2.24) is 4.90 Å². The molecule has 1 aliphatic carbocycles. The van der Waals surface area contributed by atoms with Crippen LogP contribution in [-0.2, 0) is 0 Å². The molecule has 0 amide bonds. The van der Waals surface area contributed by atoms with Gasteiger partial charge in [0, 0.05) is 23.3 Å². The molecule has 0 aromatic heterocycles. The number of benzene rings is 1. The lowest BCUT2D eigenvalue weighted by Gasteiger charge is -2.35. The highest BCUT2D eigenvalue weighted by Crippen LogP contribution is 2.40. The van der Waals surface area contributed by atoms with Gasteiger partial charge in [-0.15, -0.1) is 0 Å². The van der Waals surface area contributed by atoms with Crippen LogP contribution in [0.3, 0.4) is 0 Å². The van der Waals surface area contributed by atoms with E-state index >= 15 is 0 Å². The first kappa shape index (κ1) is 13.2. The predicted octanol–water partition coefficient (Wildman–Crippen LogP) is 5.07. The van der Waals surface area contributed by atoms with Crippen LogP contribution in [0.15, 0.2) is 34.9 Å². The number of likely N-dealkylation sites (tertiary alicyclic amines) is 1. The maximum atomic E-state index is 3.56. The van der Waals surface area contributed by atoms with E-state index in [2.05, 4.69) is 58.2 Å². The third kappa shape index (κ3) is 3.22. The van der Waals surface area contributed by atoms with E-state index in [1.807, 2.05) is 0 Å². The molecule has 1 unspecified atom stereocenters. The minimum absolute atomic E-state index is 0.816. The van der Waals surface area contributed by atoms with Crippen LogP contribution in [0.1, 0.15) is 44.6 Å². The van der Waals surface area contributed by atoms with Crippen LogP contribution >= 0.6 is 15.9 Å². The number of allylic oxidation sites excluding steroid dienone is 1. The van der Waals surface area contributed by atoms with Crippen LogP contribution in [0.2, 0.25) is 0 Å². The minimum atomic E-state index is 0.816. The Hall–Kier alpha value is -0.760. The van der Waals surface area contributed by atoms with E-state index in [9.17, 15) is 0 Å². The van der Waals surface area contributed by atoms with E-state index in [-0.39, 0.29) is 0 Å². The van der Waals surface area contributed by atoms with Gasteiger partial charge in [-0.3, -0.25) is 0 Å². The summed E-state index contributed by atoms with van der Waals surface area (Å²) in [6.07, 6.45) is 9.47. The molecule has 0 N–H and O–H groups in total. The Bertz CT molecular complexity index is 476. The number of halogens is 1. The second-order valence-electron chi connectivity index (χ2n) is 5.96. The van der Waals surface area contributed by atoms with Gasteiger partial charge in [0.2, 0.25) is 0 Å². The zero-order chi connectivity index (χ0) is 13.2. The fourth-order valence-corrected chi connectivity index (χ4v) is 3.58. The van der Waals surface area contributed by atoms with Crippen molar-refractivity contribution in [1.29, 1.82) is 0 Å². The lowest BCUT2D eigenvalue weighted by molar-refractivity contribution is 0.192. The van der Waals surface area contributed by atoms with Crippen molar-refractivity contribution in [3.05, 3.63) is 40.5 Å². The highest BCUT2D eigenvalue weighted by molar-refractivity contribution is 9.10. The van der Waals surface area contributed by atoms with Crippen LogP contribution < -0.4 is 0 Å². The number of piperidine rings is 1. The summed E-state index contributed by atoms with van der Waals surface area (Å²) in [6, 6.07) is 9.43. The van der Waals surface area contributed by atoms with Gasteiger partial charge in [-0.25, -0.2) is 0 Å². The van der Waals surface area contributed by atoms with E-state index in [4.69, 9.17) is 0 Å². The van der Waals surface area contributed by atoms with E-state index in [0.29, 0.717) is 0 Å². The third-order valence-corrected chi connectivity index (χ3v) is 4.89. The molecule has 1 nitrogen and oxygen atoms in total. The summed E-state index contributed by atoms with van der Waals surface area (Å²) in [6.45, 7) is 3.48. The highest BCUT2D eigenvalue weighted by atomic mass is 79.9. The maximum absolute atomic E-state index is 3.56. The van der Waals surface area contributed by atoms with Crippen LogP contribution in [0.5, 0.6) is 0 Å². The molecule has 3 rings (SSSR count). The molecule has 0 radical (unpaired) electrons. The Kier molecular flexibility index (Phi) is 3.97. The highest BCUT2D eigenvalue weighted by Gasteiger charge is 2.35. The lowest BCUT2D eigenvalue weighted by Crippen LogP contribution is -2.37. The molecule has 19 heavy (non-hydrogen) atoms. The zero-order valence-electron chi connectivity index (χ0n) is 11.6. The Morgan fingerprint density at radius 2 is 2.11 bits per heavy atom. The molecule has 0 spiro atoms. The molecule has 0 bridgehead atoms. The molecule has 2 fully saturated rings. The summed E-state index contributed by atoms with van der Waals surface area (Å²) < 4.78 is 1.16. The van der Waals surface area contributed by atoms with Crippen molar-refractivity contribution in [3.8, 4) is 0 Å². The van der Waals surface area contributed by atoms with Gasteiger partial charge >= 0.3 is 0 Å². The molecule has 1 aromatic rings. The number of rotatable bonds is 3. The lowest BCUT2D eigenvalue weighted by atomic mass is 9.98. The van der Waals surface area contributed by atoms with Gasteiger partial charge < -0.3 is 4.90 Å². The first-order valence-corrected chi connectivity index (χ1v) is 8.23. The van der Waals surface area contributed by atoms with Gasteiger partial charge in [0.25, 0.3) is 0 Å². The van der Waals surface area contributed by atoms with Crippen LogP contribution in [0.4, 0.5) is 0 Å². The molecule has 2 heteroatoms. The van der Waals surface area contributed by atoms with Gasteiger partial charge in [-0.1, -0.05) is 28.1 Å². The standard InChI is InChI=1S/C17H22BrN/c1-13(15-5-4-6-16(18)11-15)12-19-10-3-2-7-17(19)14-8-9-14/h4-6,11-12,14,17H,2-3,7-10H2,1H3. The summed E-state index contributed by atoms with van der Waals surface area (Å²) in [5.41, 5.74) is 2.71. The minimum Gasteiger partial charge on any atom is -0.374 e. The molecular weight excluding hydrogens is 298 g/mol. The van der Waals surface area contributed by atoms with Gasteiger partial charge in [0.05, 0.1) is 0 Å². The molecule has 1 aliphatic heterocycles. The quantitative estimate of drug-likeness (QED) is 0.751. The largest absolute Gasteiger partial charge is 0.374 e. The molecule has 102 valence electrons. The van der Waals surface area contributed by atoms with Gasteiger partial charge in [0.15, 0.2) is 0 Å². The summed E-state index contributed by atoms with van der Waals surface area (Å²) in [5, 5.41) is 0. The Morgan fingerprint density at radius 3 is 2.84 bits per heavy atom. The fraction of sp³-hybridized carbons (Fsp3) is 0.529. The van der Waals surface area contributed by atoms with Crippen molar-refractivity contribution in [2.75, 3.05) is 6.54 Å². The van der Waals surface area contributed by atoms with E-state index in [1.54, 1.807) is 0 Å². The Balaban J connectivity index is 1.78. The number of hydrogen-bond acceptors (Lipinski definition) is 1. The van der Waals surface area contributed by atoms with Gasteiger partial charge in [0.1, 0.15) is 0 Å². The molecule has 1 saturated carbocycles. The second kappa shape index (κ2) is 5.70. The first-order valence-electron chi connectivity index (χ1n) is 7.44. The van der Waals surface area contributed by atoms with Crippen molar-refractivity contribution in [2.45, 2.75) is 45.1 Å². The third-order valence-electron chi connectivity index (χ3n) is 4.40. The normalized spacial score (nSPS) is 24.6. The van der Waals surface area contributed by atoms with Crippen molar-refractivity contribution >= 4 is 21.5 Å². The monoisotopic (exact) mass is 319 g/mol. The molecule has 1 aromatic carbocycles. The van der Waals surface area contributed by atoms with E-state index < -0.39 is 0 Å². The van der Waals surface area contributed by atoms with Crippen molar-refractivity contribution in [2.24, 2.45) is 5.92 Å². The van der Waals surface area contributed by atoms with E-state index in [1.165, 1.54) is 49.8 Å². The average molecular weight is 320 g/mol. The molecular formula is C17H22BrN. The zero-order valence-corrected chi connectivity index (χ0v) is 13.2. The van der Waals surface area contributed by atoms with Crippen LogP contribution in [0, 0.1) is 5.92 Å². The van der Waals surface area contributed by atoms with E-state index in [0.717, 1.165) is 16.4 Å². The molecule has 2 aliphatic rings.